The smallest absolute Gasteiger partial charge is 0.233 e. The zero-order valence-corrected chi connectivity index (χ0v) is 14.0. The van der Waals surface area contributed by atoms with Gasteiger partial charge in [-0.25, -0.2) is 0 Å². The first-order valence-electron chi connectivity index (χ1n) is 8.35. The van der Waals surface area contributed by atoms with Gasteiger partial charge in [-0.15, -0.1) is 0 Å². The lowest BCUT2D eigenvalue weighted by Gasteiger charge is -2.15. The Bertz CT molecular complexity index is 697. The highest BCUT2D eigenvalue weighted by Crippen LogP contribution is 2.35. The van der Waals surface area contributed by atoms with E-state index in [2.05, 4.69) is 5.32 Å². The molecule has 1 saturated heterocycles. The minimum absolute atomic E-state index is 0.123. The van der Waals surface area contributed by atoms with Gasteiger partial charge in [-0.2, -0.15) is 0 Å². The molecule has 1 heterocycles. The molecule has 3 amide bonds. The van der Waals surface area contributed by atoms with Gasteiger partial charge in [0.2, 0.25) is 17.7 Å². The van der Waals surface area contributed by atoms with Crippen LogP contribution in [0.4, 0.5) is 5.69 Å². The van der Waals surface area contributed by atoms with Gasteiger partial charge in [0.05, 0.1) is 11.8 Å². The number of hydrogen-bond acceptors (Lipinski definition) is 3. The number of carbonyl (C=O) groups is 3. The van der Waals surface area contributed by atoms with E-state index in [1.165, 1.54) is 4.90 Å². The fraction of sp³-hybridized carbons (Fsp3) is 0.421. The molecule has 1 aliphatic carbocycles. The molecule has 0 aromatic heterocycles. The highest BCUT2D eigenvalue weighted by atomic mass is 16.2. The number of imide groups is 1. The summed E-state index contributed by atoms with van der Waals surface area (Å²) in [6.45, 7) is 4.10. The molecule has 0 radical (unpaired) electrons. The van der Waals surface area contributed by atoms with Crippen LogP contribution in [-0.4, -0.2) is 29.2 Å². The van der Waals surface area contributed by atoms with Gasteiger partial charge in [-0.05, 0) is 43.9 Å². The Labute approximate surface area is 141 Å². The number of amides is 3. The number of anilines is 1. The normalized spacial score (nSPS) is 22.7. The molecule has 2 atom stereocenters. The Hall–Kier alpha value is -2.43. The van der Waals surface area contributed by atoms with Crippen molar-refractivity contribution in [3.05, 3.63) is 41.5 Å². The predicted octanol–water partition coefficient (Wildman–Crippen LogP) is 2.58. The number of aryl methyl sites for hydroxylation is 1. The molecule has 1 N–H and O–H groups in total. The highest BCUT2D eigenvalue weighted by molar-refractivity contribution is 6.05. The minimum atomic E-state index is -0.232. The summed E-state index contributed by atoms with van der Waals surface area (Å²) in [5.41, 5.74) is 2.91. The van der Waals surface area contributed by atoms with E-state index in [1.54, 1.807) is 0 Å². The summed E-state index contributed by atoms with van der Waals surface area (Å²) < 4.78 is 0. The largest absolute Gasteiger partial charge is 0.326 e. The number of nitrogens with one attached hydrogen (secondary N) is 1. The fourth-order valence-electron chi connectivity index (χ4n) is 3.40. The third kappa shape index (κ3) is 2.98. The third-order valence-corrected chi connectivity index (χ3v) is 5.04. The number of likely N-dealkylation sites (tertiary alicyclic amines) is 1. The van der Waals surface area contributed by atoms with Crippen LogP contribution in [-0.2, 0) is 14.4 Å². The van der Waals surface area contributed by atoms with Crippen molar-refractivity contribution < 1.29 is 14.4 Å². The fourth-order valence-corrected chi connectivity index (χ4v) is 3.40. The monoisotopic (exact) mass is 326 g/mol. The lowest BCUT2D eigenvalue weighted by Crippen LogP contribution is -2.34. The third-order valence-electron chi connectivity index (χ3n) is 5.04. The molecule has 5 heteroatoms. The van der Waals surface area contributed by atoms with Gasteiger partial charge in [0.25, 0.3) is 0 Å². The molecular weight excluding hydrogens is 304 g/mol. The molecule has 0 spiro atoms. The summed E-state index contributed by atoms with van der Waals surface area (Å²) in [6, 6.07) is 5.73. The number of rotatable bonds is 4. The van der Waals surface area contributed by atoms with E-state index in [0.29, 0.717) is 12.8 Å². The van der Waals surface area contributed by atoms with Crippen LogP contribution >= 0.6 is 0 Å². The SMILES string of the molecule is Cc1cccc(NC(=O)CCN2C(=O)[C@H]3CC=CC[C@@H]3C2=O)c1C. The molecular formula is C19H22N2O3. The van der Waals surface area contributed by atoms with Crippen molar-refractivity contribution in [2.45, 2.75) is 33.1 Å². The highest BCUT2D eigenvalue weighted by Gasteiger charge is 2.46. The summed E-state index contributed by atoms with van der Waals surface area (Å²) >= 11 is 0. The molecule has 5 nitrogen and oxygen atoms in total. The Kier molecular flexibility index (Phi) is 4.51. The van der Waals surface area contributed by atoms with Crippen molar-refractivity contribution in [1.82, 2.24) is 4.90 Å². The molecule has 1 aromatic rings. The Morgan fingerprint density at radius 2 is 1.75 bits per heavy atom. The zero-order valence-electron chi connectivity index (χ0n) is 14.0. The number of allylic oxidation sites excluding steroid dienone is 2. The molecule has 1 fully saturated rings. The van der Waals surface area contributed by atoms with Crippen LogP contribution in [0.5, 0.6) is 0 Å². The lowest BCUT2D eigenvalue weighted by atomic mass is 9.85. The summed E-state index contributed by atoms with van der Waals surface area (Å²) in [4.78, 5) is 38.2. The molecule has 1 aliphatic heterocycles. The number of fused-ring (bicyclic) bond motifs is 1. The van der Waals surface area contributed by atoms with Crippen LogP contribution in [0.2, 0.25) is 0 Å². The average molecular weight is 326 g/mol. The van der Waals surface area contributed by atoms with Gasteiger partial charge in [-0.3, -0.25) is 19.3 Å². The second kappa shape index (κ2) is 6.59. The molecule has 0 saturated carbocycles. The molecule has 0 bridgehead atoms. The molecule has 0 unspecified atom stereocenters. The van der Waals surface area contributed by atoms with Crippen molar-refractivity contribution in [2.24, 2.45) is 11.8 Å². The van der Waals surface area contributed by atoms with Crippen molar-refractivity contribution in [3.8, 4) is 0 Å². The van der Waals surface area contributed by atoms with Crippen LogP contribution in [0.3, 0.4) is 0 Å². The number of hydrogen-bond donors (Lipinski definition) is 1. The van der Waals surface area contributed by atoms with E-state index in [1.807, 2.05) is 44.2 Å². The first-order chi connectivity index (χ1) is 11.5. The van der Waals surface area contributed by atoms with E-state index >= 15 is 0 Å². The van der Waals surface area contributed by atoms with Gasteiger partial charge >= 0.3 is 0 Å². The number of benzene rings is 1. The van der Waals surface area contributed by atoms with Gasteiger partial charge in [0.15, 0.2) is 0 Å². The second-order valence-electron chi connectivity index (χ2n) is 6.53. The van der Waals surface area contributed by atoms with Gasteiger partial charge in [0, 0.05) is 18.7 Å². The van der Waals surface area contributed by atoms with Crippen LogP contribution in [0.15, 0.2) is 30.4 Å². The van der Waals surface area contributed by atoms with Gasteiger partial charge < -0.3 is 5.32 Å². The molecule has 1 aromatic carbocycles. The summed E-state index contributed by atoms with van der Waals surface area (Å²) in [5, 5.41) is 2.87. The second-order valence-corrected chi connectivity index (χ2v) is 6.53. The van der Waals surface area contributed by atoms with Crippen molar-refractivity contribution >= 4 is 23.4 Å². The van der Waals surface area contributed by atoms with E-state index in [0.717, 1.165) is 16.8 Å². The van der Waals surface area contributed by atoms with Crippen LogP contribution in [0.25, 0.3) is 0 Å². The molecule has 126 valence electrons. The van der Waals surface area contributed by atoms with Gasteiger partial charge in [0.1, 0.15) is 0 Å². The summed E-state index contributed by atoms with van der Waals surface area (Å²) in [5.74, 6) is -0.908. The quantitative estimate of drug-likeness (QED) is 0.683. The maximum absolute atomic E-state index is 12.4. The Balaban J connectivity index is 1.59. The summed E-state index contributed by atoms with van der Waals surface area (Å²) in [7, 11) is 0. The molecule has 3 rings (SSSR count). The van der Waals surface area contributed by atoms with Crippen molar-refractivity contribution in [3.63, 3.8) is 0 Å². The first-order valence-corrected chi connectivity index (χ1v) is 8.35. The van der Waals surface area contributed by atoms with Crippen molar-refractivity contribution in [1.29, 1.82) is 0 Å². The lowest BCUT2D eigenvalue weighted by molar-refractivity contribution is -0.140. The Morgan fingerprint density at radius 1 is 1.12 bits per heavy atom. The molecule has 24 heavy (non-hydrogen) atoms. The predicted molar refractivity (Wildman–Crippen MR) is 91.2 cm³/mol. The topological polar surface area (TPSA) is 66.5 Å². The zero-order chi connectivity index (χ0) is 17.3. The van der Waals surface area contributed by atoms with Crippen molar-refractivity contribution in [2.75, 3.05) is 11.9 Å². The number of carbonyl (C=O) groups excluding carboxylic acids is 3. The van der Waals surface area contributed by atoms with Gasteiger partial charge in [-0.1, -0.05) is 24.3 Å². The van der Waals surface area contributed by atoms with Crippen LogP contribution in [0.1, 0.15) is 30.4 Å². The maximum atomic E-state index is 12.4. The Morgan fingerprint density at radius 3 is 2.38 bits per heavy atom. The number of nitrogens with zero attached hydrogens (tertiary/aromatic N) is 1. The van der Waals surface area contributed by atoms with E-state index in [9.17, 15) is 14.4 Å². The summed E-state index contributed by atoms with van der Waals surface area (Å²) in [6.07, 6.45) is 5.30. The van der Waals surface area contributed by atoms with E-state index < -0.39 is 0 Å². The van der Waals surface area contributed by atoms with E-state index in [4.69, 9.17) is 0 Å². The minimum Gasteiger partial charge on any atom is -0.326 e. The maximum Gasteiger partial charge on any atom is 0.233 e. The first kappa shape index (κ1) is 16.4. The van der Waals surface area contributed by atoms with Crippen LogP contribution < -0.4 is 5.32 Å². The molecule has 2 aliphatic rings. The average Bonchev–Trinajstić information content (AvgIpc) is 2.82. The van der Waals surface area contributed by atoms with Crippen LogP contribution in [0, 0.1) is 25.7 Å². The van der Waals surface area contributed by atoms with E-state index in [-0.39, 0.29) is 42.5 Å². The standard InChI is InChI=1S/C19H22N2O3/c1-12-6-5-9-16(13(12)2)20-17(22)10-11-21-18(23)14-7-3-4-8-15(14)19(21)24/h3-6,9,14-15H,7-8,10-11H2,1-2H3,(H,20,22)/t14-,15-/m0/s1.